The van der Waals surface area contributed by atoms with E-state index in [0.717, 1.165) is 48.3 Å². The van der Waals surface area contributed by atoms with Crippen LogP contribution in [0.25, 0.3) is 0 Å². The summed E-state index contributed by atoms with van der Waals surface area (Å²) in [6.07, 6.45) is 1.78. The Hall–Kier alpha value is -1.79. The van der Waals surface area contributed by atoms with E-state index in [4.69, 9.17) is 15.1 Å². The molecule has 0 aliphatic carbocycles. The number of nitrogens with two attached hydrogens (primary N) is 1. The van der Waals surface area contributed by atoms with Crippen LogP contribution in [0.5, 0.6) is 5.75 Å². The van der Waals surface area contributed by atoms with Crippen molar-refractivity contribution in [2.24, 2.45) is 21.6 Å². The number of hydrogen-bond donors (Lipinski definition) is 4. The lowest BCUT2D eigenvalue weighted by molar-refractivity contribution is 0.205. The van der Waals surface area contributed by atoms with Crippen molar-refractivity contribution < 1.29 is 9.52 Å². The zero-order valence-electron chi connectivity index (χ0n) is 22.1. The average molecular weight is 553 g/mol. The molecule has 200 valence electrons. The van der Waals surface area contributed by atoms with Gasteiger partial charge in [0.1, 0.15) is 21.7 Å². The molecule has 2 aromatic heterocycles. The van der Waals surface area contributed by atoms with Crippen LogP contribution in [0.4, 0.5) is 5.69 Å². The highest BCUT2D eigenvalue weighted by Gasteiger charge is 2.24. The first-order chi connectivity index (χ1) is 17.2. The highest BCUT2D eigenvalue weighted by Crippen LogP contribution is 2.47. The Morgan fingerprint density at radius 2 is 2.00 bits per heavy atom. The fourth-order valence-electron chi connectivity index (χ4n) is 4.01. The van der Waals surface area contributed by atoms with Crippen molar-refractivity contribution in [2.45, 2.75) is 57.7 Å². The number of nitrogens with one attached hydrogen (secondary N) is 1. The fraction of sp³-hybridized carbons (Fsp3) is 0.560. The number of aliphatic imine (C=N–C) groups is 2. The number of aromatic hydroxyl groups is 1. The van der Waals surface area contributed by atoms with Gasteiger partial charge in [-0.15, -0.1) is 11.3 Å². The minimum atomic E-state index is -0.291. The van der Waals surface area contributed by atoms with E-state index in [0.29, 0.717) is 17.4 Å². The molecule has 0 bridgehead atoms. The highest BCUT2D eigenvalue weighted by molar-refractivity contribution is 8.14. The molecule has 36 heavy (non-hydrogen) atoms. The van der Waals surface area contributed by atoms with Crippen LogP contribution in [0.15, 0.2) is 36.3 Å². The molecule has 0 aromatic carbocycles. The van der Waals surface area contributed by atoms with Crippen LogP contribution in [0, 0.1) is 5.92 Å². The van der Waals surface area contributed by atoms with Crippen LogP contribution < -0.4 is 10.5 Å². The van der Waals surface area contributed by atoms with Crippen molar-refractivity contribution in [3.8, 4) is 5.75 Å². The van der Waals surface area contributed by atoms with Crippen LogP contribution in [0.1, 0.15) is 64.8 Å². The molecule has 2 atom stereocenters. The third-order valence-electron chi connectivity index (χ3n) is 6.27. The first-order valence-corrected chi connectivity index (χ1v) is 15.0. The van der Waals surface area contributed by atoms with Gasteiger partial charge in [0.25, 0.3) is 0 Å². The van der Waals surface area contributed by atoms with Gasteiger partial charge in [-0.3, -0.25) is 4.99 Å². The van der Waals surface area contributed by atoms with Gasteiger partial charge in [-0.25, -0.2) is 9.30 Å². The Kier molecular flexibility index (Phi) is 10.5. The van der Waals surface area contributed by atoms with Crippen molar-refractivity contribution >= 4 is 57.5 Å². The molecule has 1 aliphatic heterocycles. The molecule has 1 fully saturated rings. The van der Waals surface area contributed by atoms with Gasteiger partial charge in [-0.05, 0) is 42.3 Å². The van der Waals surface area contributed by atoms with Gasteiger partial charge < -0.3 is 24.9 Å². The van der Waals surface area contributed by atoms with Crippen molar-refractivity contribution in [3.05, 3.63) is 29.0 Å². The van der Waals surface area contributed by atoms with E-state index < -0.39 is 0 Å². The zero-order valence-corrected chi connectivity index (χ0v) is 24.6. The standard InChI is InChI=1S/C25H40N6O2S3/c1-7-30-9-11-31(12-10-30)36(8-2)25-22(32)19(15-35-25)27-23(26)24(29-34)28-21(17(5)6)20-13-18(14-33-20)16(3)4/h8,13-17,21,32,34H,7,9-12H2,1-6H3,(H2,26,27)(H,28,29)/t21-,36?/m1/s1. The summed E-state index contributed by atoms with van der Waals surface area (Å²) >= 11 is 5.74. The lowest BCUT2D eigenvalue weighted by atomic mass is 10.00. The monoisotopic (exact) mass is 552 g/mol. The molecular formula is C25H40N6O2S3. The summed E-state index contributed by atoms with van der Waals surface area (Å²) in [6.45, 7) is 17.7. The molecule has 4 N–H and O–H groups in total. The van der Waals surface area contributed by atoms with Gasteiger partial charge in [0.2, 0.25) is 0 Å². The number of rotatable bonds is 8. The van der Waals surface area contributed by atoms with Gasteiger partial charge in [-0.1, -0.05) is 58.1 Å². The van der Waals surface area contributed by atoms with Gasteiger partial charge in [0, 0.05) is 31.6 Å². The van der Waals surface area contributed by atoms with E-state index in [1.54, 1.807) is 6.26 Å². The summed E-state index contributed by atoms with van der Waals surface area (Å²) in [5.74, 6) is 1.97. The van der Waals surface area contributed by atoms with E-state index in [1.165, 1.54) is 11.3 Å². The molecule has 0 amide bonds. The fourth-order valence-corrected chi connectivity index (χ4v) is 7.53. The Balaban J connectivity index is 1.85. The third-order valence-corrected chi connectivity index (χ3v) is 9.97. The summed E-state index contributed by atoms with van der Waals surface area (Å²) in [4.78, 5) is 11.8. The summed E-state index contributed by atoms with van der Waals surface area (Å²) in [5.41, 5.74) is 7.92. The summed E-state index contributed by atoms with van der Waals surface area (Å²) in [5, 5.41) is 15.1. The Morgan fingerprint density at radius 1 is 1.31 bits per heavy atom. The number of thiol groups is 1. The highest BCUT2D eigenvalue weighted by atomic mass is 32.2. The van der Waals surface area contributed by atoms with Crippen LogP contribution in [0.3, 0.4) is 0 Å². The number of hydrogen-bond acceptors (Lipinski definition) is 8. The molecule has 0 spiro atoms. The summed E-state index contributed by atoms with van der Waals surface area (Å²) < 4.78 is 12.0. The Bertz CT molecular complexity index is 1100. The van der Waals surface area contributed by atoms with Gasteiger partial charge in [0.15, 0.2) is 17.4 Å². The van der Waals surface area contributed by atoms with E-state index >= 15 is 0 Å². The third kappa shape index (κ3) is 6.74. The normalized spacial score (nSPS) is 18.4. The number of thiophene rings is 1. The lowest BCUT2D eigenvalue weighted by Crippen LogP contribution is -2.43. The molecule has 0 saturated carbocycles. The minimum absolute atomic E-state index is 0.155. The van der Waals surface area contributed by atoms with Crippen LogP contribution in [0.2, 0.25) is 0 Å². The maximum atomic E-state index is 11.1. The molecule has 1 aliphatic rings. The SMILES string of the molecule is C/C=S(\c1scc(N=C(N)C(=N[C@@H](c2cc(C(C)C)co2)C(C)C)NS)c1O)N1CCN(CC)CC1. The summed E-state index contributed by atoms with van der Waals surface area (Å²) in [7, 11) is -0.291. The molecule has 1 unspecified atom stereocenters. The molecular weight excluding hydrogens is 513 g/mol. The smallest absolute Gasteiger partial charge is 0.174 e. The first-order valence-electron chi connectivity index (χ1n) is 12.4. The maximum absolute atomic E-state index is 11.1. The average Bonchev–Trinajstić information content (AvgIpc) is 3.48. The minimum Gasteiger partial charge on any atom is -0.504 e. The van der Waals surface area contributed by atoms with Crippen molar-refractivity contribution in [3.63, 3.8) is 0 Å². The van der Waals surface area contributed by atoms with Gasteiger partial charge in [0.05, 0.1) is 6.26 Å². The van der Waals surface area contributed by atoms with E-state index in [9.17, 15) is 5.11 Å². The topological polar surface area (TPSA) is 103 Å². The number of furan rings is 1. The largest absolute Gasteiger partial charge is 0.504 e. The Labute approximate surface area is 227 Å². The van der Waals surface area contributed by atoms with E-state index in [1.807, 2.05) is 18.4 Å². The Morgan fingerprint density at radius 3 is 2.53 bits per heavy atom. The number of likely N-dealkylation sites (N-methyl/N-ethyl adjacent to an activating group) is 1. The zero-order chi connectivity index (χ0) is 26.4. The molecule has 3 rings (SSSR count). The quantitative estimate of drug-likeness (QED) is 0.152. The van der Waals surface area contributed by atoms with Crippen molar-refractivity contribution in [2.75, 3.05) is 32.7 Å². The molecule has 11 heteroatoms. The van der Waals surface area contributed by atoms with Crippen molar-refractivity contribution in [1.29, 1.82) is 0 Å². The van der Waals surface area contributed by atoms with Gasteiger partial charge in [-0.2, -0.15) is 0 Å². The second-order valence-corrected chi connectivity index (χ2v) is 12.8. The number of piperazine rings is 1. The maximum Gasteiger partial charge on any atom is 0.174 e. The van der Waals surface area contributed by atoms with Crippen molar-refractivity contribution in [1.82, 2.24) is 13.9 Å². The second kappa shape index (κ2) is 13.1. The van der Waals surface area contributed by atoms with E-state index in [-0.39, 0.29) is 34.2 Å². The second-order valence-electron chi connectivity index (χ2n) is 9.38. The number of nitrogens with zero attached hydrogens (tertiary/aromatic N) is 4. The molecule has 0 radical (unpaired) electrons. The van der Waals surface area contributed by atoms with Gasteiger partial charge >= 0.3 is 0 Å². The number of amidine groups is 2. The molecule has 2 aromatic rings. The first kappa shape index (κ1) is 28.8. The van der Waals surface area contributed by atoms with Crippen LogP contribution in [-0.4, -0.2) is 64.1 Å². The van der Waals surface area contributed by atoms with Crippen LogP contribution in [-0.2, 0) is 0 Å². The summed E-state index contributed by atoms with van der Waals surface area (Å²) in [6, 6.07) is 1.79. The molecule has 1 saturated heterocycles. The lowest BCUT2D eigenvalue weighted by Gasteiger charge is -2.35. The molecule has 8 nitrogen and oxygen atoms in total. The molecule has 3 heterocycles. The predicted molar refractivity (Wildman–Crippen MR) is 158 cm³/mol. The predicted octanol–water partition coefficient (Wildman–Crippen LogP) is 5.39. The van der Waals surface area contributed by atoms with Crippen LogP contribution >= 0.6 is 34.8 Å². The van der Waals surface area contributed by atoms with E-state index in [2.05, 4.69) is 71.7 Å².